The van der Waals surface area contributed by atoms with Crippen LogP contribution in [0, 0.1) is 6.92 Å². The van der Waals surface area contributed by atoms with Crippen molar-refractivity contribution in [3.8, 4) is 0 Å². The van der Waals surface area contributed by atoms with Gasteiger partial charge in [-0.25, -0.2) is 9.97 Å². The first kappa shape index (κ1) is 26.1. The standard InChI is InChI=1S/C20H24ClN4O5PS/c1-13(25(12-26)11-16-10-23-14(2)24-19(16)22)18(8-9-30-31(3,28)29)32-20(27)15-4-6-17(21)7-5-15/h4-7,10,12,28-29H,3,8-9,11H2,1-2H3,(H2,22,23,24)/b18-13-. The highest BCUT2D eigenvalue weighted by molar-refractivity contribution is 8.17. The van der Waals surface area contributed by atoms with Crippen molar-refractivity contribution in [2.75, 3.05) is 12.3 Å². The Balaban J connectivity index is 2.31. The second-order valence-electron chi connectivity index (χ2n) is 6.71. The van der Waals surface area contributed by atoms with Crippen LogP contribution < -0.4 is 5.73 Å². The first-order chi connectivity index (χ1) is 15.0. The van der Waals surface area contributed by atoms with Crippen LogP contribution in [0.5, 0.6) is 0 Å². The zero-order valence-electron chi connectivity index (χ0n) is 17.6. The molecule has 0 fully saturated rings. The first-order valence-electron chi connectivity index (χ1n) is 9.31. The van der Waals surface area contributed by atoms with Crippen LogP contribution in [0.25, 0.3) is 0 Å². The van der Waals surface area contributed by atoms with Gasteiger partial charge in [0.05, 0.1) is 13.2 Å². The monoisotopic (exact) mass is 498 g/mol. The smallest absolute Gasteiger partial charge is 0.245 e. The molecule has 32 heavy (non-hydrogen) atoms. The van der Waals surface area contributed by atoms with Gasteiger partial charge in [-0.05, 0) is 56.2 Å². The minimum Gasteiger partial charge on any atom is -0.383 e. The van der Waals surface area contributed by atoms with Gasteiger partial charge >= 0.3 is 0 Å². The fourth-order valence-corrected chi connectivity index (χ4v) is 4.00. The van der Waals surface area contributed by atoms with Crippen LogP contribution in [0.15, 0.2) is 41.1 Å². The van der Waals surface area contributed by atoms with Crippen LogP contribution in [-0.4, -0.2) is 49.1 Å². The molecule has 1 amide bonds. The van der Waals surface area contributed by atoms with Crippen molar-refractivity contribution in [2.45, 2.75) is 26.8 Å². The lowest BCUT2D eigenvalue weighted by Gasteiger charge is -2.22. The molecule has 4 N–H and O–H groups in total. The Hall–Kier alpha value is -2.20. The summed E-state index contributed by atoms with van der Waals surface area (Å²) in [5.41, 5.74) is 7.37. The van der Waals surface area contributed by atoms with Crippen molar-refractivity contribution >= 4 is 54.6 Å². The van der Waals surface area contributed by atoms with E-state index in [0.29, 0.717) is 39.0 Å². The molecule has 0 aliphatic heterocycles. The summed E-state index contributed by atoms with van der Waals surface area (Å²) in [4.78, 5) is 53.5. The van der Waals surface area contributed by atoms with Gasteiger partial charge in [-0.2, -0.15) is 0 Å². The number of anilines is 1. The number of hydrogen-bond donors (Lipinski definition) is 3. The van der Waals surface area contributed by atoms with E-state index >= 15 is 0 Å². The lowest BCUT2D eigenvalue weighted by atomic mass is 10.2. The molecule has 2 aromatic rings. The summed E-state index contributed by atoms with van der Waals surface area (Å²) in [5.74, 6) is 0.755. The van der Waals surface area contributed by atoms with Gasteiger partial charge in [0, 0.05) is 39.4 Å². The molecule has 0 unspecified atom stereocenters. The summed E-state index contributed by atoms with van der Waals surface area (Å²) in [7, 11) is -3.69. The van der Waals surface area contributed by atoms with Gasteiger partial charge < -0.3 is 24.9 Å². The van der Waals surface area contributed by atoms with Crippen molar-refractivity contribution in [1.29, 1.82) is 0 Å². The lowest BCUT2D eigenvalue weighted by Crippen LogP contribution is -2.22. The van der Waals surface area contributed by atoms with Gasteiger partial charge in [0.1, 0.15) is 11.6 Å². The maximum absolute atomic E-state index is 12.8. The highest BCUT2D eigenvalue weighted by Gasteiger charge is 2.18. The minimum absolute atomic E-state index is 0.0910. The Morgan fingerprint density at radius 3 is 2.59 bits per heavy atom. The van der Waals surface area contributed by atoms with Crippen molar-refractivity contribution < 1.29 is 23.9 Å². The number of aryl methyl sites for hydroxylation is 1. The Kier molecular flexibility index (Phi) is 9.45. The predicted molar refractivity (Wildman–Crippen MR) is 128 cm³/mol. The molecule has 2 rings (SSSR count). The number of amides is 1. The Labute approximate surface area is 195 Å². The summed E-state index contributed by atoms with van der Waals surface area (Å²) in [6, 6.07) is 6.39. The third kappa shape index (κ3) is 8.05. The Bertz CT molecular complexity index is 1060. The van der Waals surface area contributed by atoms with Gasteiger partial charge in [-0.1, -0.05) is 11.6 Å². The maximum atomic E-state index is 12.8. The topological polar surface area (TPSA) is 139 Å². The average molecular weight is 499 g/mol. The van der Waals surface area contributed by atoms with Crippen LogP contribution in [0.1, 0.15) is 35.1 Å². The number of nitrogens with zero attached hydrogens (tertiary/aromatic N) is 3. The molecule has 9 nitrogen and oxygen atoms in total. The number of allylic oxidation sites excluding steroid dienone is 1. The van der Waals surface area contributed by atoms with Crippen molar-refractivity contribution in [3.05, 3.63) is 63.0 Å². The molecular formula is C20H24ClN4O5PS. The number of thioether (sulfide) groups is 1. The molecule has 1 heterocycles. The van der Waals surface area contributed by atoms with E-state index in [2.05, 4.69) is 16.3 Å². The van der Waals surface area contributed by atoms with Crippen LogP contribution in [-0.2, 0) is 15.9 Å². The quantitative estimate of drug-likeness (QED) is 0.332. The van der Waals surface area contributed by atoms with Gasteiger partial charge in [0.2, 0.25) is 19.1 Å². The predicted octanol–water partition coefficient (Wildman–Crippen LogP) is 3.37. The van der Waals surface area contributed by atoms with E-state index in [-0.39, 0.29) is 30.5 Å². The average Bonchev–Trinajstić information content (AvgIpc) is 2.71. The van der Waals surface area contributed by atoms with E-state index in [0.717, 1.165) is 11.8 Å². The van der Waals surface area contributed by atoms with E-state index in [4.69, 9.17) is 21.9 Å². The molecule has 0 atom stereocenters. The SMILES string of the molecule is C=P(O)(O)OCC/C(SC(=O)c1ccc(Cl)cc1)=C(\C)N(C=O)Cc1cnc(C)nc1N. The molecule has 0 bridgehead atoms. The zero-order valence-corrected chi connectivity index (χ0v) is 20.0. The van der Waals surface area contributed by atoms with Crippen LogP contribution >= 0.6 is 30.9 Å². The molecule has 1 aromatic carbocycles. The summed E-state index contributed by atoms with van der Waals surface area (Å²) < 4.78 is 4.96. The largest absolute Gasteiger partial charge is 0.383 e. The maximum Gasteiger partial charge on any atom is 0.245 e. The third-order valence-corrected chi connectivity index (χ3v) is 6.26. The second kappa shape index (κ2) is 11.6. The Morgan fingerprint density at radius 1 is 1.38 bits per heavy atom. The summed E-state index contributed by atoms with van der Waals surface area (Å²) in [6.07, 6.45) is 5.44. The Morgan fingerprint density at radius 2 is 2.03 bits per heavy atom. The lowest BCUT2D eigenvalue weighted by molar-refractivity contribution is -0.116. The number of nitrogens with two attached hydrogens (primary N) is 1. The molecule has 0 radical (unpaired) electrons. The number of rotatable bonds is 10. The molecule has 1 aromatic heterocycles. The summed E-state index contributed by atoms with van der Waals surface area (Å²) in [5, 5.41) is 0.224. The molecule has 12 heteroatoms. The third-order valence-electron chi connectivity index (χ3n) is 4.24. The number of aromatic nitrogens is 2. The second-order valence-corrected chi connectivity index (χ2v) is 9.81. The molecule has 0 spiro atoms. The van der Waals surface area contributed by atoms with Crippen molar-refractivity contribution in [1.82, 2.24) is 14.9 Å². The molecule has 0 saturated carbocycles. The van der Waals surface area contributed by atoms with Crippen molar-refractivity contribution in [3.63, 3.8) is 0 Å². The summed E-state index contributed by atoms with van der Waals surface area (Å²) >= 11 is 6.79. The van der Waals surface area contributed by atoms with Crippen LogP contribution in [0.4, 0.5) is 5.82 Å². The number of benzene rings is 1. The van der Waals surface area contributed by atoms with Gasteiger partial charge in [0.15, 0.2) is 0 Å². The first-order valence-corrected chi connectivity index (χ1v) is 12.3. The van der Waals surface area contributed by atoms with Gasteiger partial charge in [-0.3, -0.25) is 9.59 Å². The van der Waals surface area contributed by atoms with E-state index in [1.165, 1.54) is 11.1 Å². The zero-order chi connectivity index (χ0) is 23.9. The summed E-state index contributed by atoms with van der Waals surface area (Å²) in [6.45, 7) is 3.35. The number of hydrogen-bond acceptors (Lipinski definition) is 9. The molecule has 0 aliphatic rings. The van der Waals surface area contributed by atoms with E-state index < -0.39 is 7.57 Å². The highest BCUT2D eigenvalue weighted by atomic mass is 35.5. The van der Waals surface area contributed by atoms with Gasteiger partial charge in [0.25, 0.3) is 0 Å². The van der Waals surface area contributed by atoms with Crippen LogP contribution in [0.3, 0.4) is 0 Å². The van der Waals surface area contributed by atoms with E-state index in [1.54, 1.807) is 38.1 Å². The van der Waals surface area contributed by atoms with E-state index in [9.17, 15) is 19.4 Å². The van der Waals surface area contributed by atoms with Crippen molar-refractivity contribution in [2.24, 2.45) is 0 Å². The normalized spacial score (nSPS) is 12.3. The molecule has 172 valence electrons. The number of nitrogen functional groups attached to an aromatic ring is 1. The van der Waals surface area contributed by atoms with Crippen LogP contribution in [0.2, 0.25) is 5.02 Å². The fourth-order valence-electron chi connectivity index (χ4n) is 2.56. The van der Waals surface area contributed by atoms with Gasteiger partial charge in [-0.15, -0.1) is 0 Å². The molecule has 0 aliphatic carbocycles. The number of halogens is 1. The number of carbonyl (C=O) groups is 2. The highest BCUT2D eigenvalue weighted by Crippen LogP contribution is 2.37. The molecular weight excluding hydrogens is 475 g/mol. The van der Waals surface area contributed by atoms with E-state index in [1.807, 2.05) is 0 Å². The fraction of sp³-hybridized carbons (Fsp3) is 0.250. The molecule has 0 saturated heterocycles. The number of carbonyl (C=O) groups excluding carboxylic acids is 2. The minimum atomic E-state index is -3.69.